The second kappa shape index (κ2) is 9.94. The van der Waals surface area contributed by atoms with Crippen molar-refractivity contribution in [1.29, 1.82) is 0 Å². The van der Waals surface area contributed by atoms with Crippen LogP contribution in [0, 0.1) is 11.8 Å². The molecule has 4 saturated heterocycles. The van der Waals surface area contributed by atoms with E-state index in [0.717, 1.165) is 43.2 Å². The average Bonchev–Trinajstić information content (AvgIpc) is 3.31. The number of piperidine rings is 4. The molecule has 4 heteroatoms. The van der Waals surface area contributed by atoms with E-state index in [1.54, 1.807) is 0 Å². The van der Waals surface area contributed by atoms with Crippen molar-refractivity contribution >= 4 is 12.0 Å². The van der Waals surface area contributed by atoms with Crippen LogP contribution in [0.15, 0.2) is 42.1 Å². The van der Waals surface area contributed by atoms with Crippen LogP contribution in [-0.4, -0.2) is 52.0 Å². The number of aromatic nitrogens is 1. The summed E-state index contributed by atoms with van der Waals surface area (Å²) in [5.74, 6) is 1.66. The van der Waals surface area contributed by atoms with Gasteiger partial charge in [-0.05, 0) is 109 Å². The molecule has 5 heterocycles. The first-order chi connectivity index (χ1) is 18.5. The molecule has 0 unspecified atom stereocenters. The Morgan fingerprint density at radius 2 is 1.62 bits per heavy atom. The van der Waals surface area contributed by atoms with Crippen LogP contribution in [0.4, 0.5) is 0 Å². The van der Waals surface area contributed by atoms with Crippen LogP contribution >= 0.6 is 0 Å². The van der Waals surface area contributed by atoms with Crippen LogP contribution in [0.2, 0.25) is 0 Å². The van der Waals surface area contributed by atoms with Gasteiger partial charge in [0.25, 0.3) is 0 Å². The molecule has 0 bridgehead atoms. The van der Waals surface area contributed by atoms with E-state index in [9.17, 15) is 4.79 Å². The molecule has 0 aliphatic carbocycles. The first-order valence-electron chi connectivity index (χ1n) is 15.5. The third-order valence-electron chi connectivity index (χ3n) is 10.2. The van der Waals surface area contributed by atoms with Gasteiger partial charge in [-0.15, -0.1) is 0 Å². The summed E-state index contributed by atoms with van der Waals surface area (Å²) in [6, 6.07) is 12.6. The maximum atomic E-state index is 13.9. The van der Waals surface area contributed by atoms with E-state index in [1.165, 1.54) is 55.5 Å². The number of rotatable bonds is 3. The van der Waals surface area contributed by atoms with Gasteiger partial charge in [-0.3, -0.25) is 9.69 Å². The van der Waals surface area contributed by atoms with E-state index in [2.05, 4.69) is 98.5 Å². The fraction of sp³-hybridized carbons (Fsp3) is 0.629. The van der Waals surface area contributed by atoms with Crippen LogP contribution in [-0.2, 0) is 22.2 Å². The number of carbonyl (C=O) groups is 1. The second-order valence-electron chi connectivity index (χ2n) is 14.9. The number of fused-ring (bicyclic) bond motifs is 2. The zero-order chi connectivity index (χ0) is 27.5. The van der Waals surface area contributed by atoms with Gasteiger partial charge in [-0.25, -0.2) is 0 Å². The predicted molar refractivity (Wildman–Crippen MR) is 161 cm³/mol. The molecule has 4 nitrogen and oxygen atoms in total. The Hall–Kier alpha value is -2.33. The van der Waals surface area contributed by atoms with Gasteiger partial charge in [0.15, 0.2) is 0 Å². The minimum Gasteiger partial charge on any atom is -0.344 e. The standard InChI is InChI=1S/C35H49N3O/c1-34(2,3)27-18-24(19-28(21-27)35(4,5)6)22-37-17-8-11-29(37)20-25-13-14-31-30-12-9-16-36-15-7-10-26(32(30)36)23-38(31)33(25)39/h8,11,17-21,26,30-32H,7,9-10,12-16,22-23H2,1-6H3/b25-20+/t26-,30-,31-,32+/m1/s1. The molecule has 0 N–H and O–H groups in total. The third-order valence-corrected chi connectivity index (χ3v) is 10.2. The summed E-state index contributed by atoms with van der Waals surface area (Å²) in [5.41, 5.74) is 6.46. The van der Waals surface area contributed by atoms with Crippen LogP contribution < -0.4 is 0 Å². The van der Waals surface area contributed by atoms with Crippen LogP contribution in [0.1, 0.15) is 102 Å². The summed E-state index contributed by atoms with van der Waals surface area (Å²) in [7, 11) is 0. The van der Waals surface area contributed by atoms with E-state index < -0.39 is 0 Å². The molecule has 0 spiro atoms. The largest absolute Gasteiger partial charge is 0.344 e. The summed E-state index contributed by atoms with van der Waals surface area (Å²) in [6.07, 6.45) is 11.6. The second-order valence-corrected chi connectivity index (χ2v) is 14.9. The van der Waals surface area contributed by atoms with Crippen molar-refractivity contribution < 1.29 is 4.79 Å². The predicted octanol–water partition coefficient (Wildman–Crippen LogP) is 7.01. The maximum absolute atomic E-state index is 13.9. The van der Waals surface area contributed by atoms with Crippen molar-refractivity contribution in [2.75, 3.05) is 19.6 Å². The van der Waals surface area contributed by atoms with Gasteiger partial charge in [0.2, 0.25) is 5.91 Å². The first-order valence-corrected chi connectivity index (χ1v) is 15.5. The van der Waals surface area contributed by atoms with Crippen LogP contribution in [0.3, 0.4) is 0 Å². The molecule has 1 amide bonds. The lowest BCUT2D eigenvalue weighted by atomic mass is 9.67. The van der Waals surface area contributed by atoms with Gasteiger partial charge >= 0.3 is 0 Å². The molecular weight excluding hydrogens is 478 g/mol. The number of hydrogen-bond acceptors (Lipinski definition) is 2. The van der Waals surface area contributed by atoms with Gasteiger partial charge < -0.3 is 9.47 Å². The van der Waals surface area contributed by atoms with Crippen molar-refractivity contribution in [2.24, 2.45) is 11.8 Å². The molecule has 210 valence electrons. The highest BCUT2D eigenvalue weighted by Gasteiger charge is 2.51. The Morgan fingerprint density at radius 3 is 2.31 bits per heavy atom. The molecule has 4 atom stereocenters. The molecule has 0 radical (unpaired) electrons. The summed E-state index contributed by atoms with van der Waals surface area (Å²) in [6.45, 7) is 18.1. The van der Waals surface area contributed by atoms with E-state index in [0.29, 0.717) is 23.8 Å². The fourth-order valence-electron chi connectivity index (χ4n) is 8.05. The van der Waals surface area contributed by atoms with E-state index >= 15 is 0 Å². The number of hydrogen-bond donors (Lipinski definition) is 0. The molecule has 1 aromatic heterocycles. The Morgan fingerprint density at radius 1 is 0.923 bits per heavy atom. The lowest BCUT2D eigenvalue weighted by molar-refractivity contribution is -0.145. The van der Waals surface area contributed by atoms with Crippen molar-refractivity contribution in [3.8, 4) is 0 Å². The summed E-state index contributed by atoms with van der Waals surface area (Å²) < 4.78 is 2.33. The normalized spacial score (nSPS) is 28.9. The number of amides is 1. The third kappa shape index (κ3) is 5.14. The van der Waals surface area contributed by atoms with Gasteiger partial charge in [0.05, 0.1) is 0 Å². The van der Waals surface area contributed by atoms with E-state index in [4.69, 9.17) is 0 Å². The fourth-order valence-corrected chi connectivity index (χ4v) is 8.05. The van der Waals surface area contributed by atoms with Gasteiger partial charge in [0.1, 0.15) is 0 Å². The molecule has 1 aromatic carbocycles. The summed E-state index contributed by atoms with van der Waals surface area (Å²) in [5, 5.41) is 0. The molecule has 0 saturated carbocycles. The zero-order valence-corrected chi connectivity index (χ0v) is 25.2. The van der Waals surface area contributed by atoms with Crippen molar-refractivity contribution in [3.05, 3.63) is 64.5 Å². The summed E-state index contributed by atoms with van der Waals surface area (Å²) >= 11 is 0. The van der Waals surface area contributed by atoms with Crippen molar-refractivity contribution in [3.63, 3.8) is 0 Å². The quantitative estimate of drug-likeness (QED) is 0.402. The van der Waals surface area contributed by atoms with E-state index in [-0.39, 0.29) is 10.8 Å². The molecule has 39 heavy (non-hydrogen) atoms. The number of carbonyl (C=O) groups excluding carboxylic acids is 1. The minimum absolute atomic E-state index is 0.101. The maximum Gasteiger partial charge on any atom is 0.250 e. The van der Waals surface area contributed by atoms with E-state index in [1.807, 2.05) is 0 Å². The Kier molecular flexibility index (Phi) is 6.85. The Balaban J connectivity index is 1.25. The molecule has 4 fully saturated rings. The van der Waals surface area contributed by atoms with Crippen LogP contribution in [0.25, 0.3) is 6.08 Å². The molecular formula is C35H49N3O. The smallest absolute Gasteiger partial charge is 0.250 e. The summed E-state index contributed by atoms with van der Waals surface area (Å²) in [4.78, 5) is 19.0. The number of nitrogens with zero attached hydrogens (tertiary/aromatic N) is 3. The first kappa shape index (κ1) is 26.9. The Labute approximate surface area is 236 Å². The SMILES string of the molecule is CC(C)(C)c1cc(Cn2cccc2/C=C2\CC[C@@H]3[C@H]4CCCN5CCC[C@H](CN3C2=O)[C@@H]45)cc(C(C)(C)C)c1. The highest BCUT2D eigenvalue weighted by atomic mass is 16.2. The van der Waals surface area contributed by atoms with Gasteiger partial charge in [0, 0.05) is 42.6 Å². The molecule has 6 rings (SSSR count). The molecule has 4 aliphatic rings. The zero-order valence-electron chi connectivity index (χ0n) is 25.2. The topological polar surface area (TPSA) is 28.5 Å². The molecule has 4 aliphatic heterocycles. The Bertz CT molecular complexity index is 1220. The van der Waals surface area contributed by atoms with Gasteiger partial charge in [-0.1, -0.05) is 59.7 Å². The average molecular weight is 528 g/mol. The number of benzene rings is 1. The monoisotopic (exact) mass is 527 g/mol. The van der Waals surface area contributed by atoms with Gasteiger partial charge in [-0.2, -0.15) is 0 Å². The van der Waals surface area contributed by atoms with Crippen molar-refractivity contribution in [1.82, 2.24) is 14.4 Å². The minimum atomic E-state index is 0.101. The lowest BCUT2D eigenvalue weighted by Crippen LogP contribution is -2.66. The van der Waals surface area contributed by atoms with Crippen LogP contribution in [0.5, 0.6) is 0 Å². The lowest BCUT2D eigenvalue weighted by Gasteiger charge is -2.58. The van der Waals surface area contributed by atoms with Crippen molar-refractivity contribution in [2.45, 2.75) is 110 Å². The molecule has 2 aromatic rings. The highest BCUT2D eigenvalue weighted by Crippen LogP contribution is 2.45. The highest BCUT2D eigenvalue weighted by molar-refractivity contribution is 5.98.